The second kappa shape index (κ2) is 5.51. The van der Waals surface area contributed by atoms with Gasteiger partial charge in [0.25, 0.3) is 5.91 Å². The number of aromatic nitrogens is 3. The molecule has 3 heterocycles. The summed E-state index contributed by atoms with van der Waals surface area (Å²) in [7, 11) is 0. The molecule has 0 aromatic carbocycles. The molecule has 2 aromatic rings. The number of carbonyl (C=O) groups excluding carboxylic acids is 1. The SMILES string of the molecule is Cc1ccc(O[C@@H]2CCN(C(=O)c3cnoc3C)C2)nn1. The molecule has 1 aliphatic heterocycles. The van der Waals surface area contributed by atoms with Crippen molar-refractivity contribution in [3.05, 3.63) is 35.3 Å². The summed E-state index contributed by atoms with van der Waals surface area (Å²) in [4.78, 5) is 14.1. The van der Waals surface area contributed by atoms with Gasteiger partial charge in [-0.1, -0.05) is 5.16 Å². The van der Waals surface area contributed by atoms with Crippen LogP contribution >= 0.6 is 0 Å². The van der Waals surface area contributed by atoms with Crippen LogP contribution in [-0.4, -0.2) is 45.4 Å². The van der Waals surface area contributed by atoms with Crippen molar-refractivity contribution in [2.75, 3.05) is 13.1 Å². The highest BCUT2D eigenvalue weighted by molar-refractivity contribution is 5.94. The average Bonchev–Trinajstić information content (AvgIpc) is 3.10. The van der Waals surface area contributed by atoms with E-state index in [2.05, 4.69) is 15.4 Å². The standard InChI is InChI=1S/C14H16N4O3/c1-9-3-4-13(17-16-9)20-11-5-6-18(8-11)14(19)12-7-15-21-10(12)2/h3-4,7,11H,5-6,8H2,1-2H3/t11-/m1/s1. The van der Waals surface area contributed by atoms with Gasteiger partial charge in [-0.3, -0.25) is 4.79 Å². The molecule has 0 unspecified atom stereocenters. The topological polar surface area (TPSA) is 81.4 Å². The largest absolute Gasteiger partial charge is 0.471 e. The van der Waals surface area contributed by atoms with E-state index < -0.39 is 0 Å². The van der Waals surface area contributed by atoms with Crippen molar-refractivity contribution in [2.45, 2.75) is 26.4 Å². The molecule has 0 N–H and O–H groups in total. The molecule has 7 heteroatoms. The molecule has 1 atom stereocenters. The summed E-state index contributed by atoms with van der Waals surface area (Å²) in [5.41, 5.74) is 1.35. The van der Waals surface area contributed by atoms with Gasteiger partial charge in [0.15, 0.2) is 0 Å². The molecule has 0 spiro atoms. The second-order valence-electron chi connectivity index (χ2n) is 5.09. The van der Waals surface area contributed by atoms with Gasteiger partial charge in [-0.15, -0.1) is 5.10 Å². The third-order valence-electron chi connectivity index (χ3n) is 3.47. The molecule has 0 aliphatic carbocycles. The van der Waals surface area contributed by atoms with Crippen molar-refractivity contribution < 1.29 is 14.1 Å². The van der Waals surface area contributed by atoms with Crippen molar-refractivity contribution in [3.8, 4) is 5.88 Å². The summed E-state index contributed by atoms with van der Waals surface area (Å²) < 4.78 is 10.7. The predicted octanol–water partition coefficient (Wildman–Crippen LogP) is 1.37. The molecule has 1 saturated heterocycles. The molecule has 1 fully saturated rings. The summed E-state index contributed by atoms with van der Waals surface area (Å²) in [5, 5.41) is 11.6. The molecule has 3 rings (SSSR count). The quantitative estimate of drug-likeness (QED) is 0.848. The average molecular weight is 288 g/mol. The van der Waals surface area contributed by atoms with Crippen molar-refractivity contribution in [2.24, 2.45) is 0 Å². The van der Waals surface area contributed by atoms with E-state index >= 15 is 0 Å². The highest BCUT2D eigenvalue weighted by Crippen LogP contribution is 2.19. The lowest BCUT2D eigenvalue weighted by atomic mass is 10.2. The van der Waals surface area contributed by atoms with Gasteiger partial charge in [0, 0.05) is 19.0 Å². The van der Waals surface area contributed by atoms with Crippen molar-refractivity contribution in [3.63, 3.8) is 0 Å². The minimum Gasteiger partial charge on any atom is -0.471 e. The van der Waals surface area contributed by atoms with E-state index in [1.54, 1.807) is 17.9 Å². The van der Waals surface area contributed by atoms with Crippen LogP contribution in [0.4, 0.5) is 0 Å². The van der Waals surface area contributed by atoms with E-state index in [0.29, 0.717) is 30.3 Å². The van der Waals surface area contributed by atoms with Crippen molar-refractivity contribution >= 4 is 5.91 Å². The molecule has 0 saturated carbocycles. The molecular weight excluding hydrogens is 272 g/mol. The Morgan fingerprint density at radius 1 is 1.38 bits per heavy atom. The molecule has 1 amide bonds. The summed E-state index contributed by atoms with van der Waals surface area (Å²) in [6.07, 6.45) is 2.16. The highest BCUT2D eigenvalue weighted by Gasteiger charge is 2.30. The number of carbonyl (C=O) groups is 1. The lowest BCUT2D eigenvalue weighted by Gasteiger charge is -2.16. The normalized spacial score (nSPS) is 18.0. The Kier molecular flexibility index (Phi) is 3.55. The predicted molar refractivity (Wildman–Crippen MR) is 72.9 cm³/mol. The minimum atomic E-state index is -0.0742. The summed E-state index contributed by atoms with van der Waals surface area (Å²) in [6.45, 7) is 4.77. The summed E-state index contributed by atoms with van der Waals surface area (Å²) >= 11 is 0. The van der Waals surface area contributed by atoms with Gasteiger partial charge in [-0.05, 0) is 19.9 Å². The number of amides is 1. The Balaban J connectivity index is 1.62. The zero-order valence-electron chi connectivity index (χ0n) is 11.9. The van der Waals surface area contributed by atoms with Gasteiger partial charge >= 0.3 is 0 Å². The molecular formula is C14H16N4O3. The van der Waals surface area contributed by atoms with Crippen LogP contribution in [0.25, 0.3) is 0 Å². The Hall–Kier alpha value is -2.44. The number of aryl methyl sites for hydroxylation is 2. The van der Waals surface area contributed by atoms with Crippen LogP contribution < -0.4 is 4.74 Å². The van der Waals surface area contributed by atoms with Crippen LogP contribution in [0.1, 0.15) is 28.2 Å². The van der Waals surface area contributed by atoms with Gasteiger partial charge in [0.05, 0.1) is 18.4 Å². The van der Waals surface area contributed by atoms with Gasteiger partial charge in [0.2, 0.25) is 5.88 Å². The lowest BCUT2D eigenvalue weighted by molar-refractivity contribution is 0.0769. The second-order valence-corrected chi connectivity index (χ2v) is 5.09. The molecule has 110 valence electrons. The maximum absolute atomic E-state index is 12.3. The number of likely N-dealkylation sites (tertiary alicyclic amines) is 1. The van der Waals surface area contributed by atoms with Crippen LogP contribution in [0, 0.1) is 13.8 Å². The van der Waals surface area contributed by atoms with Gasteiger partial charge in [-0.25, -0.2) is 0 Å². The molecule has 7 nitrogen and oxygen atoms in total. The highest BCUT2D eigenvalue weighted by atomic mass is 16.5. The summed E-state index contributed by atoms with van der Waals surface area (Å²) in [5.74, 6) is 0.949. The van der Waals surface area contributed by atoms with E-state index in [1.807, 2.05) is 13.0 Å². The monoisotopic (exact) mass is 288 g/mol. The number of rotatable bonds is 3. The van der Waals surface area contributed by atoms with Crippen LogP contribution in [0.5, 0.6) is 5.88 Å². The van der Waals surface area contributed by atoms with Crippen LogP contribution in [0.3, 0.4) is 0 Å². The van der Waals surface area contributed by atoms with Crippen molar-refractivity contribution in [1.29, 1.82) is 0 Å². The maximum Gasteiger partial charge on any atom is 0.259 e. The van der Waals surface area contributed by atoms with E-state index in [1.165, 1.54) is 6.20 Å². The van der Waals surface area contributed by atoms with Crippen LogP contribution in [0.2, 0.25) is 0 Å². The van der Waals surface area contributed by atoms with E-state index in [9.17, 15) is 4.79 Å². The Morgan fingerprint density at radius 3 is 2.90 bits per heavy atom. The third-order valence-corrected chi connectivity index (χ3v) is 3.47. The zero-order chi connectivity index (χ0) is 14.8. The first-order valence-corrected chi connectivity index (χ1v) is 6.81. The molecule has 2 aromatic heterocycles. The van der Waals surface area contributed by atoms with E-state index in [4.69, 9.17) is 9.26 Å². The van der Waals surface area contributed by atoms with E-state index in [0.717, 1.165) is 12.1 Å². The maximum atomic E-state index is 12.3. The number of hydrogen-bond acceptors (Lipinski definition) is 6. The van der Waals surface area contributed by atoms with Gasteiger partial charge in [0.1, 0.15) is 17.4 Å². The van der Waals surface area contributed by atoms with Crippen LogP contribution in [0.15, 0.2) is 22.9 Å². The molecule has 0 radical (unpaired) electrons. The van der Waals surface area contributed by atoms with E-state index in [-0.39, 0.29) is 12.0 Å². The fraction of sp³-hybridized carbons (Fsp3) is 0.429. The smallest absolute Gasteiger partial charge is 0.259 e. The first-order chi connectivity index (χ1) is 10.1. The first-order valence-electron chi connectivity index (χ1n) is 6.81. The summed E-state index contributed by atoms with van der Waals surface area (Å²) in [6, 6.07) is 3.64. The number of nitrogens with zero attached hydrogens (tertiary/aromatic N) is 4. The van der Waals surface area contributed by atoms with Crippen molar-refractivity contribution in [1.82, 2.24) is 20.3 Å². The third kappa shape index (κ3) is 2.86. The van der Waals surface area contributed by atoms with Gasteiger partial charge in [-0.2, -0.15) is 5.10 Å². The number of ether oxygens (including phenoxy) is 1. The fourth-order valence-corrected chi connectivity index (χ4v) is 2.30. The molecule has 1 aliphatic rings. The zero-order valence-corrected chi connectivity index (χ0v) is 11.9. The Morgan fingerprint density at radius 2 is 2.24 bits per heavy atom. The van der Waals surface area contributed by atoms with Crippen LogP contribution in [-0.2, 0) is 0 Å². The molecule has 0 bridgehead atoms. The first kappa shape index (κ1) is 13.5. The Bertz CT molecular complexity index is 638. The minimum absolute atomic E-state index is 0.0638. The fourth-order valence-electron chi connectivity index (χ4n) is 2.30. The molecule has 21 heavy (non-hydrogen) atoms. The van der Waals surface area contributed by atoms with Gasteiger partial charge < -0.3 is 14.2 Å². The number of hydrogen-bond donors (Lipinski definition) is 0. The Labute approximate surface area is 121 Å². The lowest BCUT2D eigenvalue weighted by Crippen LogP contribution is -2.31.